The maximum atomic E-state index is 6.15. The lowest BCUT2D eigenvalue weighted by molar-refractivity contribution is 0.569. The lowest BCUT2D eigenvalue weighted by Crippen LogP contribution is -2.27. The third kappa shape index (κ3) is 1.63. The Labute approximate surface area is 95.8 Å². The zero-order chi connectivity index (χ0) is 10.4. The van der Waals surface area contributed by atoms with E-state index in [1.54, 1.807) is 0 Å². The highest BCUT2D eigenvalue weighted by molar-refractivity contribution is 6.31. The summed E-state index contributed by atoms with van der Waals surface area (Å²) in [6, 6.07) is 4.89. The van der Waals surface area contributed by atoms with Crippen LogP contribution >= 0.6 is 11.6 Å². The molecule has 0 amide bonds. The molecule has 15 heavy (non-hydrogen) atoms. The molecule has 1 heterocycles. The molecule has 0 spiro atoms. The van der Waals surface area contributed by atoms with Crippen LogP contribution in [0.4, 0.5) is 5.69 Å². The highest BCUT2D eigenvalue weighted by Crippen LogP contribution is 2.41. The molecular formula is C13H16ClN. The fourth-order valence-electron chi connectivity index (χ4n) is 2.57. The topological polar surface area (TPSA) is 12.0 Å². The molecule has 2 aliphatic rings. The van der Waals surface area contributed by atoms with Crippen LogP contribution in [-0.2, 0) is 6.42 Å². The van der Waals surface area contributed by atoms with Gasteiger partial charge in [-0.15, -0.1) is 0 Å². The summed E-state index contributed by atoms with van der Waals surface area (Å²) in [4.78, 5) is 0. The minimum atomic E-state index is 0.703. The van der Waals surface area contributed by atoms with Crippen molar-refractivity contribution in [1.82, 2.24) is 0 Å². The van der Waals surface area contributed by atoms with Crippen molar-refractivity contribution in [3.8, 4) is 0 Å². The molecule has 1 unspecified atom stereocenters. The largest absolute Gasteiger partial charge is 0.382 e. The number of fused-ring (bicyclic) bond motifs is 1. The van der Waals surface area contributed by atoms with Gasteiger partial charge >= 0.3 is 0 Å². The van der Waals surface area contributed by atoms with E-state index in [0.29, 0.717) is 6.04 Å². The molecule has 1 aliphatic heterocycles. The monoisotopic (exact) mass is 221 g/mol. The molecule has 1 fully saturated rings. The van der Waals surface area contributed by atoms with Gasteiger partial charge in [0.15, 0.2) is 0 Å². The molecular weight excluding hydrogens is 206 g/mol. The second-order valence-corrected chi connectivity index (χ2v) is 5.24. The number of hydrogen-bond acceptors (Lipinski definition) is 1. The summed E-state index contributed by atoms with van der Waals surface area (Å²) in [7, 11) is 0. The maximum absolute atomic E-state index is 6.15. The molecule has 1 saturated carbocycles. The van der Waals surface area contributed by atoms with Crippen LogP contribution in [-0.4, -0.2) is 6.04 Å². The minimum Gasteiger partial charge on any atom is -0.382 e. The molecule has 1 aromatic carbocycles. The van der Waals surface area contributed by atoms with E-state index in [-0.39, 0.29) is 0 Å². The molecule has 3 rings (SSSR count). The first-order chi connectivity index (χ1) is 7.25. The van der Waals surface area contributed by atoms with Gasteiger partial charge in [-0.2, -0.15) is 0 Å². The summed E-state index contributed by atoms with van der Waals surface area (Å²) in [6.07, 6.45) is 5.32. The molecule has 0 aromatic heterocycles. The predicted octanol–water partition coefficient (Wildman–Crippen LogP) is 3.79. The van der Waals surface area contributed by atoms with E-state index in [1.807, 2.05) is 6.07 Å². The molecule has 0 radical (unpaired) electrons. The summed E-state index contributed by atoms with van der Waals surface area (Å²) in [5, 5.41) is 4.57. The van der Waals surface area contributed by atoms with E-state index in [1.165, 1.54) is 42.5 Å². The lowest BCUT2D eigenvalue weighted by Gasteiger charge is -2.28. The van der Waals surface area contributed by atoms with Gasteiger partial charge in [0.25, 0.3) is 0 Å². The maximum Gasteiger partial charge on any atom is 0.0455 e. The first-order valence-corrected chi connectivity index (χ1v) is 6.18. The van der Waals surface area contributed by atoms with Gasteiger partial charge in [0.2, 0.25) is 0 Å². The molecule has 0 saturated heterocycles. The van der Waals surface area contributed by atoms with Crippen LogP contribution in [0.2, 0.25) is 5.02 Å². The van der Waals surface area contributed by atoms with Crippen LogP contribution in [0.3, 0.4) is 0 Å². The predicted molar refractivity (Wildman–Crippen MR) is 64.6 cm³/mol. The Balaban J connectivity index is 1.95. The van der Waals surface area contributed by atoms with Crippen molar-refractivity contribution in [1.29, 1.82) is 0 Å². The number of halogens is 1. The Morgan fingerprint density at radius 1 is 1.27 bits per heavy atom. The standard InChI is InChI=1S/C13H16ClN/c1-8-11(14)6-4-10-5-7-12(9-2-3-9)15-13(8)10/h4,6,9,12,15H,2-3,5,7H2,1H3. The van der Waals surface area contributed by atoms with Gasteiger partial charge in [0.1, 0.15) is 0 Å². The smallest absolute Gasteiger partial charge is 0.0455 e. The van der Waals surface area contributed by atoms with Gasteiger partial charge in [-0.25, -0.2) is 0 Å². The van der Waals surface area contributed by atoms with E-state index < -0.39 is 0 Å². The molecule has 80 valence electrons. The van der Waals surface area contributed by atoms with Gasteiger partial charge in [0.05, 0.1) is 0 Å². The summed E-state index contributed by atoms with van der Waals surface area (Å²) < 4.78 is 0. The third-order valence-electron chi connectivity index (χ3n) is 3.73. The van der Waals surface area contributed by atoms with Gasteiger partial charge in [-0.1, -0.05) is 17.7 Å². The fraction of sp³-hybridized carbons (Fsp3) is 0.538. The van der Waals surface area contributed by atoms with Crippen LogP contribution in [0, 0.1) is 12.8 Å². The van der Waals surface area contributed by atoms with Crippen LogP contribution in [0.25, 0.3) is 0 Å². The number of nitrogens with one attached hydrogen (secondary N) is 1. The Bertz CT molecular complexity index is 396. The zero-order valence-electron chi connectivity index (χ0n) is 9.02. The normalized spacial score (nSPS) is 24.5. The zero-order valence-corrected chi connectivity index (χ0v) is 9.77. The van der Waals surface area contributed by atoms with Crippen LogP contribution in [0.1, 0.15) is 30.4 Å². The Morgan fingerprint density at radius 2 is 2.07 bits per heavy atom. The second kappa shape index (κ2) is 3.41. The SMILES string of the molecule is Cc1c(Cl)ccc2c1NC(C1CC1)CC2. The number of benzene rings is 1. The fourth-order valence-corrected chi connectivity index (χ4v) is 2.73. The quantitative estimate of drug-likeness (QED) is 0.761. The number of hydrogen-bond donors (Lipinski definition) is 1. The molecule has 0 bridgehead atoms. The first-order valence-electron chi connectivity index (χ1n) is 5.80. The van der Waals surface area contributed by atoms with E-state index >= 15 is 0 Å². The van der Waals surface area contributed by atoms with Crippen LogP contribution < -0.4 is 5.32 Å². The first kappa shape index (κ1) is 9.53. The van der Waals surface area contributed by atoms with E-state index in [0.717, 1.165) is 10.9 Å². The van der Waals surface area contributed by atoms with E-state index in [9.17, 15) is 0 Å². The average Bonchev–Trinajstić information content (AvgIpc) is 3.07. The van der Waals surface area contributed by atoms with Crippen molar-refractivity contribution >= 4 is 17.3 Å². The highest BCUT2D eigenvalue weighted by Gasteiger charge is 2.33. The van der Waals surface area contributed by atoms with Gasteiger partial charge in [-0.3, -0.25) is 0 Å². The summed E-state index contributed by atoms with van der Waals surface area (Å²) in [6.45, 7) is 2.11. The van der Waals surface area contributed by atoms with Crippen LogP contribution in [0.15, 0.2) is 12.1 Å². The summed E-state index contributed by atoms with van der Waals surface area (Å²) >= 11 is 6.15. The Kier molecular flexibility index (Phi) is 2.17. The number of anilines is 1. The molecule has 2 heteroatoms. The van der Waals surface area contributed by atoms with E-state index in [4.69, 9.17) is 11.6 Å². The molecule has 1 N–H and O–H groups in total. The Morgan fingerprint density at radius 3 is 2.80 bits per heavy atom. The van der Waals surface area contributed by atoms with Gasteiger partial charge < -0.3 is 5.32 Å². The average molecular weight is 222 g/mol. The van der Waals surface area contributed by atoms with E-state index in [2.05, 4.69) is 18.3 Å². The van der Waals surface area contributed by atoms with Gasteiger partial charge in [-0.05, 0) is 55.7 Å². The minimum absolute atomic E-state index is 0.703. The van der Waals surface area contributed by atoms with Crippen molar-refractivity contribution in [2.24, 2.45) is 5.92 Å². The number of aryl methyl sites for hydroxylation is 1. The molecule has 1 aliphatic carbocycles. The van der Waals surface area contributed by atoms with Crippen molar-refractivity contribution < 1.29 is 0 Å². The third-order valence-corrected chi connectivity index (χ3v) is 4.14. The molecule has 1 atom stereocenters. The molecule has 1 nitrogen and oxygen atoms in total. The highest BCUT2D eigenvalue weighted by atomic mass is 35.5. The van der Waals surface area contributed by atoms with Crippen molar-refractivity contribution in [3.63, 3.8) is 0 Å². The second-order valence-electron chi connectivity index (χ2n) is 4.83. The Hall–Kier alpha value is -0.690. The van der Waals surface area contributed by atoms with Crippen molar-refractivity contribution in [3.05, 3.63) is 28.3 Å². The van der Waals surface area contributed by atoms with Crippen molar-refractivity contribution in [2.75, 3.05) is 5.32 Å². The van der Waals surface area contributed by atoms with Crippen LogP contribution in [0.5, 0.6) is 0 Å². The summed E-state index contributed by atoms with van der Waals surface area (Å²) in [5.41, 5.74) is 3.97. The lowest BCUT2D eigenvalue weighted by atomic mass is 9.93. The number of rotatable bonds is 1. The van der Waals surface area contributed by atoms with Crippen molar-refractivity contribution in [2.45, 2.75) is 38.6 Å². The summed E-state index contributed by atoms with van der Waals surface area (Å²) in [5.74, 6) is 0.927. The molecule has 1 aromatic rings. The van der Waals surface area contributed by atoms with Gasteiger partial charge in [0, 0.05) is 16.8 Å².